The monoisotopic (exact) mass is 195 g/mol. The molecule has 0 bridgehead atoms. The van der Waals surface area contributed by atoms with Crippen LogP contribution in [0.15, 0.2) is 0 Å². The molecule has 2 aliphatic rings. The Morgan fingerprint density at radius 2 is 2.07 bits per heavy atom. The molecule has 1 atom stereocenters. The third kappa shape index (κ3) is 1.60. The molecule has 0 amide bonds. The summed E-state index contributed by atoms with van der Waals surface area (Å²) in [5.41, 5.74) is 1.37. The molecule has 0 radical (unpaired) electrons. The van der Waals surface area contributed by atoms with E-state index in [-0.39, 0.29) is 0 Å². The molecule has 1 spiro atoms. The van der Waals surface area contributed by atoms with Crippen molar-refractivity contribution in [3.05, 3.63) is 0 Å². The van der Waals surface area contributed by atoms with Crippen LogP contribution in [0.4, 0.5) is 0 Å². The summed E-state index contributed by atoms with van der Waals surface area (Å²) in [4.78, 5) is 0. The van der Waals surface area contributed by atoms with Gasteiger partial charge in [0, 0.05) is 6.54 Å². The first-order valence-corrected chi connectivity index (χ1v) is 6.31. The van der Waals surface area contributed by atoms with Crippen LogP contribution in [0.25, 0.3) is 0 Å². The summed E-state index contributed by atoms with van der Waals surface area (Å²) < 4.78 is 0. The van der Waals surface area contributed by atoms with E-state index in [4.69, 9.17) is 0 Å². The Kier molecular flexibility index (Phi) is 2.63. The molecule has 14 heavy (non-hydrogen) atoms. The standard InChI is InChI=1S/C13H25N/c1-4-11(2)12(3)8-13(9-12)6-5-7-14-10-13/h11,14H,4-10H2,1-3H3. The van der Waals surface area contributed by atoms with Crippen LogP contribution in [-0.2, 0) is 0 Å². The third-order valence-electron chi connectivity index (χ3n) is 4.92. The molecule has 1 heteroatoms. The van der Waals surface area contributed by atoms with Crippen LogP contribution in [0, 0.1) is 16.7 Å². The Morgan fingerprint density at radius 1 is 1.36 bits per heavy atom. The molecule has 82 valence electrons. The van der Waals surface area contributed by atoms with Crippen molar-refractivity contribution in [3.8, 4) is 0 Å². The predicted molar refractivity (Wildman–Crippen MR) is 61.3 cm³/mol. The van der Waals surface area contributed by atoms with Crippen molar-refractivity contribution < 1.29 is 0 Å². The molecule has 1 heterocycles. The van der Waals surface area contributed by atoms with Gasteiger partial charge in [0.1, 0.15) is 0 Å². The van der Waals surface area contributed by atoms with E-state index in [1.807, 2.05) is 0 Å². The smallest absolute Gasteiger partial charge is 0.000823 e. The van der Waals surface area contributed by atoms with Gasteiger partial charge in [0.15, 0.2) is 0 Å². The Bertz CT molecular complexity index is 193. The van der Waals surface area contributed by atoms with Gasteiger partial charge >= 0.3 is 0 Å². The largest absolute Gasteiger partial charge is 0.316 e. The maximum atomic E-state index is 3.57. The van der Waals surface area contributed by atoms with Crippen molar-refractivity contribution in [3.63, 3.8) is 0 Å². The van der Waals surface area contributed by atoms with E-state index in [9.17, 15) is 0 Å². The number of piperidine rings is 1. The fourth-order valence-electron chi connectivity index (χ4n) is 3.83. The number of rotatable bonds is 2. The summed E-state index contributed by atoms with van der Waals surface area (Å²) in [5.74, 6) is 0.912. The fourth-order valence-corrected chi connectivity index (χ4v) is 3.83. The minimum Gasteiger partial charge on any atom is -0.316 e. The summed E-state index contributed by atoms with van der Waals surface area (Å²) in [6.07, 6.45) is 7.17. The van der Waals surface area contributed by atoms with Gasteiger partial charge in [0.05, 0.1) is 0 Å². The van der Waals surface area contributed by atoms with Gasteiger partial charge in [-0.1, -0.05) is 27.2 Å². The molecule has 1 saturated heterocycles. The number of hydrogen-bond acceptors (Lipinski definition) is 1. The summed E-state index contributed by atoms with van der Waals surface area (Å²) in [6.45, 7) is 9.81. The highest BCUT2D eigenvalue weighted by atomic mass is 14.9. The lowest BCUT2D eigenvalue weighted by molar-refractivity contribution is -0.0788. The van der Waals surface area contributed by atoms with E-state index < -0.39 is 0 Å². The van der Waals surface area contributed by atoms with Crippen molar-refractivity contribution in [1.29, 1.82) is 0 Å². The van der Waals surface area contributed by atoms with Gasteiger partial charge in [-0.2, -0.15) is 0 Å². The summed E-state index contributed by atoms with van der Waals surface area (Å²) in [7, 11) is 0. The molecule has 0 aromatic heterocycles. The van der Waals surface area contributed by atoms with Crippen molar-refractivity contribution >= 4 is 0 Å². The van der Waals surface area contributed by atoms with Gasteiger partial charge in [-0.25, -0.2) is 0 Å². The molecule has 1 saturated carbocycles. The van der Waals surface area contributed by atoms with Crippen molar-refractivity contribution in [1.82, 2.24) is 5.32 Å². The lowest BCUT2D eigenvalue weighted by Gasteiger charge is -2.59. The van der Waals surface area contributed by atoms with Crippen LogP contribution >= 0.6 is 0 Å². The molecule has 1 aliphatic carbocycles. The number of nitrogens with one attached hydrogen (secondary N) is 1. The normalized spacial score (nSPS) is 44.8. The summed E-state index contributed by atoms with van der Waals surface area (Å²) in [6, 6.07) is 0. The molecular formula is C13H25N. The first kappa shape index (κ1) is 10.5. The van der Waals surface area contributed by atoms with Gasteiger partial charge in [-0.05, 0) is 49.0 Å². The van der Waals surface area contributed by atoms with E-state index in [0.717, 1.165) is 5.92 Å². The van der Waals surface area contributed by atoms with Crippen molar-refractivity contribution in [2.24, 2.45) is 16.7 Å². The quantitative estimate of drug-likeness (QED) is 0.713. The molecule has 1 nitrogen and oxygen atoms in total. The van der Waals surface area contributed by atoms with E-state index >= 15 is 0 Å². The second-order valence-electron chi connectivity index (χ2n) is 6.10. The first-order valence-electron chi connectivity index (χ1n) is 6.31. The van der Waals surface area contributed by atoms with Crippen molar-refractivity contribution in [2.75, 3.05) is 13.1 Å². The van der Waals surface area contributed by atoms with Gasteiger partial charge in [-0.15, -0.1) is 0 Å². The Labute approximate surface area is 88.7 Å². The van der Waals surface area contributed by atoms with Gasteiger partial charge in [0.2, 0.25) is 0 Å². The maximum Gasteiger partial charge on any atom is 0.000823 e. The Morgan fingerprint density at radius 3 is 2.57 bits per heavy atom. The lowest BCUT2D eigenvalue weighted by Crippen LogP contribution is -2.55. The van der Waals surface area contributed by atoms with Crippen LogP contribution < -0.4 is 5.32 Å². The van der Waals surface area contributed by atoms with E-state index in [1.54, 1.807) is 0 Å². The van der Waals surface area contributed by atoms with Crippen LogP contribution in [0.3, 0.4) is 0 Å². The lowest BCUT2D eigenvalue weighted by atomic mass is 9.47. The van der Waals surface area contributed by atoms with Crippen LogP contribution in [0.5, 0.6) is 0 Å². The van der Waals surface area contributed by atoms with E-state index in [0.29, 0.717) is 10.8 Å². The highest BCUT2D eigenvalue weighted by molar-refractivity contribution is 5.04. The Hall–Kier alpha value is -0.0400. The molecule has 2 fully saturated rings. The highest BCUT2D eigenvalue weighted by Gasteiger charge is 2.53. The van der Waals surface area contributed by atoms with Gasteiger partial charge < -0.3 is 5.32 Å². The molecule has 0 aromatic rings. The highest BCUT2D eigenvalue weighted by Crippen LogP contribution is 2.60. The zero-order valence-corrected chi connectivity index (χ0v) is 10.0. The van der Waals surface area contributed by atoms with Crippen LogP contribution in [0.2, 0.25) is 0 Å². The number of hydrogen-bond donors (Lipinski definition) is 1. The Balaban J connectivity index is 1.93. The van der Waals surface area contributed by atoms with Gasteiger partial charge in [-0.3, -0.25) is 0 Å². The topological polar surface area (TPSA) is 12.0 Å². The average Bonchev–Trinajstić information content (AvgIpc) is 2.16. The minimum atomic E-state index is 0.660. The summed E-state index contributed by atoms with van der Waals surface area (Å²) >= 11 is 0. The minimum absolute atomic E-state index is 0.660. The third-order valence-corrected chi connectivity index (χ3v) is 4.92. The second kappa shape index (κ2) is 3.52. The molecular weight excluding hydrogens is 170 g/mol. The van der Waals surface area contributed by atoms with Gasteiger partial charge in [0.25, 0.3) is 0 Å². The maximum absolute atomic E-state index is 3.57. The molecule has 1 unspecified atom stereocenters. The van der Waals surface area contributed by atoms with E-state index in [2.05, 4.69) is 26.1 Å². The van der Waals surface area contributed by atoms with Crippen molar-refractivity contribution in [2.45, 2.75) is 52.9 Å². The molecule has 1 N–H and O–H groups in total. The predicted octanol–water partition coefficient (Wildman–Crippen LogP) is 3.20. The molecule has 0 aromatic carbocycles. The fraction of sp³-hybridized carbons (Fsp3) is 1.00. The zero-order chi connectivity index (χ0) is 10.2. The van der Waals surface area contributed by atoms with Crippen LogP contribution in [0.1, 0.15) is 52.9 Å². The van der Waals surface area contributed by atoms with E-state index in [1.165, 1.54) is 45.2 Å². The first-order chi connectivity index (χ1) is 6.60. The summed E-state index contributed by atoms with van der Waals surface area (Å²) in [5, 5.41) is 3.57. The second-order valence-corrected chi connectivity index (χ2v) is 6.10. The SMILES string of the molecule is CCC(C)C1(C)CC2(CCCNC2)C1. The average molecular weight is 195 g/mol. The molecule has 2 rings (SSSR count). The zero-order valence-electron chi connectivity index (χ0n) is 10.0. The van der Waals surface area contributed by atoms with Crippen LogP contribution in [-0.4, -0.2) is 13.1 Å². The molecule has 1 aliphatic heterocycles.